The number of anilines is 1. The molecule has 0 amide bonds. The zero-order valence-corrected chi connectivity index (χ0v) is 12.7. The topological polar surface area (TPSA) is 12.0 Å². The van der Waals surface area contributed by atoms with Crippen molar-refractivity contribution in [3.63, 3.8) is 0 Å². The van der Waals surface area contributed by atoms with E-state index >= 15 is 0 Å². The van der Waals surface area contributed by atoms with Crippen molar-refractivity contribution in [2.75, 3.05) is 5.32 Å². The summed E-state index contributed by atoms with van der Waals surface area (Å²) in [5.74, 6) is 0.337. The van der Waals surface area contributed by atoms with E-state index in [-0.39, 0.29) is 11.9 Å². The van der Waals surface area contributed by atoms with Gasteiger partial charge in [0.15, 0.2) is 0 Å². The maximum atomic E-state index is 13.1. The van der Waals surface area contributed by atoms with Crippen LogP contribution in [0.3, 0.4) is 0 Å². The molecule has 4 heteroatoms. The summed E-state index contributed by atoms with van der Waals surface area (Å²) in [5, 5.41) is 6.08. The molecule has 1 unspecified atom stereocenters. The lowest BCUT2D eigenvalue weighted by Crippen LogP contribution is -2.18. The number of hydrogen-bond donors (Lipinski definition) is 1. The van der Waals surface area contributed by atoms with E-state index in [4.69, 9.17) is 11.6 Å². The standard InChI is InChI=1S/C16H17ClFNS/c17-13-10-12(18)7-8-14(13)19-16(11-4-1-2-5-11)15-6-3-9-20-15/h3,6-11,16,19H,1-2,4-5H2. The van der Waals surface area contributed by atoms with E-state index in [9.17, 15) is 4.39 Å². The van der Waals surface area contributed by atoms with Crippen LogP contribution in [0.15, 0.2) is 35.7 Å². The lowest BCUT2D eigenvalue weighted by atomic mass is 9.96. The molecule has 2 aromatic rings. The van der Waals surface area contributed by atoms with Crippen LogP contribution in [0.25, 0.3) is 0 Å². The Kier molecular flexibility index (Phi) is 4.27. The van der Waals surface area contributed by atoms with Gasteiger partial charge in [-0.05, 0) is 48.4 Å². The highest BCUT2D eigenvalue weighted by Crippen LogP contribution is 2.40. The zero-order valence-electron chi connectivity index (χ0n) is 11.1. The molecule has 1 aromatic heterocycles. The zero-order chi connectivity index (χ0) is 13.9. The van der Waals surface area contributed by atoms with Crippen molar-refractivity contribution in [2.45, 2.75) is 31.7 Å². The number of hydrogen-bond acceptors (Lipinski definition) is 2. The quantitative estimate of drug-likeness (QED) is 0.743. The van der Waals surface area contributed by atoms with Crippen LogP contribution >= 0.6 is 22.9 Å². The number of halogens is 2. The number of thiophene rings is 1. The first-order chi connectivity index (χ1) is 9.74. The average Bonchev–Trinajstić information content (AvgIpc) is 3.11. The molecule has 0 saturated heterocycles. The second-order valence-electron chi connectivity index (χ2n) is 5.31. The highest BCUT2D eigenvalue weighted by molar-refractivity contribution is 7.10. The van der Waals surface area contributed by atoms with E-state index in [0.29, 0.717) is 10.9 Å². The van der Waals surface area contributed by atoms with Crippen molar-refractivity contribution in [3.05, 3.63) is 51.4 Å². The van der Waals surface area contributed by atoms with E-state index in [2.05, 4.69) is 22.8 Å². The van der Waals surface area contributed by atoms with Gasteiger partial charge in [0.25, 0.3) is 0 Å². The molecular weight excluding hydrogens is 293 g/mol. The fourth-order valence-electron chi connectivity index (χ4n) is 2.95. The van der Waals surface area contributed by atoms with E-state index < -0.39 is 0 Å². The third-order valence-electron chi connectivity index (χ3n) is 3.96. The molecule has 1 atom stereocenters. The highest BCUT2D eigenvalue weighted by atomic mass is 35.5. The van der Waals surface area contributed by atoms with Crippen molar-refractivity contribution in [1.82, 2.24) is 0 Å². The van der Waals surface area contributed by atoms with E-state index in [0.717, 1.165) is 5.69 Å². The lowest BCUT2D eigenvalue weighted by molar-refractivity contribution is 0.475. The van der Waals surface area contributed by atoms with E-state index in [1.807, 2.05) is 0 Å². The SMILES string of the molecule is Fc1ccc(NC(c2cccs2)C2CCCC2)c(Cl)c1. The maximum Gasteiger partial charge on any atom is 0.124 e. The summed E-state index contributed by atoms with van der Waals surface area (Å²) in [4.78, 5) is 1.33. The minimum Gasteiger partial charge on any atom is -0.376 e. The molecule has 1 aliphatic carbocycles. The predicted octanol–water partition coefficient (Wildman–Crippen LogP) is 5.88. The van der Waals surface area contributed by atoms with Gasteiger partial charge in [-0.3, -0.25) is 0 Å². The van der Waals surface area contributed by atoms with Crippen molar-refractivity contribution < 1.29 is 4.39 Å². The largest absolute Gasteiger partial charge is 0.376 e. The summed E-state index contributed by atoms with van der Waals surface area (Å²) in [6.07, 6.45) is 5.08. The monoisotopic (exact) mass is 309 g/mol. The molecule has 1 nitrogen and oxygen atoms in total. The van der Waals surface area contributed by atoms with Gasteiger partial charge in [-0.25, -0.2) is 4.39 Å². The van der Waals surface area contributed by atoms with Gasteiger partial charge < -0.3 is 5.32 Å². The van der Waals surface area contributed by atoms with Crippen LogP contribution in [-0.2, 0) is 0 Å². The summed E-state index contributed by atoms with van der Waals surface area (Å²) in [6, 6.07) is 9.07. The van der Waals surface area contributed by atoms with Gasteiger partial charge in [-0.2, -0.15) is 0 Å². The third-order valence-corrected chi connectivity index (χ3v) is 5.23. The second kappa shape index (κ2) is 6.15. The van der Waals surface area contributed by atoms with Crippen LogP contribution in [0.2, 0.25) is 5.02 Å². The minimum absolute atomic E-state index is 0.278. The Hall–Kier alpha value is -1.06. The van der Waals surface area contributed by atoms with Gasteiger partial charge >= 0.3 is 0 Å². The molecule has 1 N–H and O–H groups in total. The summed E-state index contributed by atoms with van der Waals surface area (Å²) in [5.41, 5.74) is 0.818. The summed E-state index contributed by atoms with van der Waals surface area (Å²) in [7, 11) is 0. The van der Waals surface area contributed by atoms with Gasteiger partial charge in [0.1, 0.15) is 5.82 Å². The summed E-state index contributed by atoms with van der Waals surface area (Å²) in [6.45, 7) is 0. The first-order valence-corrected chi connectivity index (χ1v) is 8.25. The van der Waals surface area contributed by atoms with Crippen LogP contribution < -0.4 is 5.32 Å². The van der Waals surface area contributed by atoms with Crippen molar-refractivity contribution >= 4 is 28.6 Å². The van der Waals surface area contributed by atoms with E-state index in [1.165, 1.54) is 42.7 Å². The molecule has 3 rings (SSSR count). The summed E-state index contributed by atoms with van der Waals surface area (Å²) < 4.78 is 13.1. The molecule has 0 bridgehead atoms. The number of benzene rings is 1. The van der Waals surface area contributed by atoms with Gasteiger partial charge in [-0.1, -0.05) is 30.5 Å². The first kappa shape index (κ1) is 13.9. The molecule has 1 heterocycles. The Morgan fingerprint density at radius 3 is 2.70 bits per heavy atom. The van der Waals surface area contributed by atoms with Gasteiger partial charge in [0.2, 0.25) is 0 Å². The molecule has 0 radical (unpaired) electrons. The number of nitrogens with one attached hydrogen (secondary N) is 1. The minimum atomic E-state index is -0.297. The van der Waals surface area contributed by atoms with Crippen molar-refractivity contribution in [1.29, 1.82) is 0 Å². The molecule has 1 aliphatic rings. The highest BCUT2D eigenvalue weighted by Gasteiger charge is 2.27. The molecular formula is C16H17ClFNS. The summed E-state index contributed by atoms with van der Waals surface area (Å²) >= 11 is 7.91. The Labute approximate surface area is 127 Å². The fraction of sp³-hybridized carbons (Fsp3) is 0.375. The fourth-order valence-corrected chi connectivity index (χ4v) is 4.05. The third kappa shape index (κ3) is 2.99. The Morgan fingerprint density at radius 2 is 2.05 bits per heavy atom. The van der Waals surface area contributed by atoms with Crippen LogP contribution in [0.1, 0.15) is 36.6 Å². The number of rotatable bonds is 4. The maximum absolute atomic E-state index is 13.1. The molecule has 1 aromatic carbocycles. The van der Waals surface area contributed by atoms with Gasteiger partial charge in [-0.15, -0.1) is 11.3 Å². The molecule has 0 spiro atoms. The van der Waals surface area contributed by atoms with E-state index in [1.54, 1.807) is 17.4 Å². The predicted molar refractivity (Wildman–Crippen MR) is 84.1 cm³/mol. The molecule has 0 aliphatic heterocycles. The Bertz CT molecular complexity index is 564. The lowest BCUT2D eigenvalue weighted by Gasteiger charge is -2.25. The van der Waals surface area contributed by atoms with Crippen molar-refractivity contribution in [2.24, 2.45) is 5.92 Å². The molecule has 106 valence electrons. The van der Waals surface area contributed by atoms with Gasteiger partial charge in [0.05, 0.1) is 16.8 Å². The Balaban J connectivity index is 1.86. The molecule has 1 saturated carbocycles. The normalized spacial score (nSPS) is 17.3. The first-order valence-electron chi connectivity index (χ1n) is 6.99. The molecule has 1 fully saturated rings. The van der Waals surface area contributed by atoms with Crippen LogP contribution in [0, 0.1) is 11.7 Å². The van der Waals surface area contributed by atoms with Gasteiger partial charge in [0, 0.05) is 4.88 Å². The average molecular weight is 310 g/mol. The van der Waals surface area contributed by atoms with Crippen LogP contribution in [0.5, 0.6) is 0 Å². The molecule has 20 heavy (non-hydrogen) atoms. The second-order valence-corrected chi connectivity index (χ2v) is 6.69. The van der Waals surface area contributed by atoms with Crippen LogP contribution in [-0.4, -0.2) is 0 Å². The Morgan fingerprint density at radius 1 is 1.25 bits per heavy atom. The van der Waals surface area contributed by atoms with Crippen LogP contribution in [0.4, 0.5) is 10.1 Å². The van der Waals surface area contributed by atoms with Crippen molar-refractivity contribution in [3.8, 4) is 0 Å². The smallest absolute Gasteiger partial charge is 0.124 e.